The minimum atomic E-state index is 0. The highest BCUT2D eigenvalue weighted by Crippen LogP contribution is 2.38. The van der Waals surface area contributed by atoms with Crippen LogP contribution in [-0.2, 0) is 11.3 Å². The number of hydrogen-bond donors (Lipinski definition) is 1. The van der Waals surface area contributed by atoms with Crippen molar-refractivity contribution in [2.75, 3.05) is 47.5 Å². The molecular weight excluding hydrogens is 429 g/mol. The van der Waals surface area contributed by atoms with Gasteiger partial charge in [-0.15, -0.1) is 24.8 Å². The Morgan fingerprint density at radius 1 is 1.00 bits per heavy atom. The molecule has 2 atom stereocenters. The molecule has 1 saturated heterocycles. The van der Waals surface area contributed by atoms with Crippen molar-refractivity contribution in [1.29, 1.82) is 0 Å². The molecule has 0 radical (unpaired) electrons. The van der Waals surface area contributed by atoms with E-state index in [-0.39, 0.29) is 36.8 Å². The Morgan fingerprint density at radius 3 is 2.07 bits per heavy atom. The second-order valence-corrected chi connectivity index (χ2v) is 7.75. The van der Waals surface area contributed by atoms with E-state index < -0.39 is 0 Å². The van der Waals surface area contributed by atoms with E-state index in [0.717, 1.165) is 57.5 Å². The van der Waals surface area contributed by atoms with Crippen LogP contribution in [0.4, 0.5) is 0 Å². The fourth-order valence-electron chi connectivity index (χ4n) is 4.31. The fourth-order valence-corrected chi connectivity index (χ4v) is 4.31. The van der Waals surface area contributed by atoms with Crippen molar-refractivity contribution in [3.05, 3.63) is 17.7 Å². The van der Waals surface area contributed by atoms with Crippen LogP contribution in [0.25, 0.3) is 0 Å². The molecule has 172 valence electrons. The second kappa shape index (κ2) is 12.4. The lowest BCUT2D eigenvalue weighted by atomic mass is 9.99. The molecule has 7 nitrogen and oxygen atoms in total. The van der Waals surface area contributed by atoms with E-state index in [1.807, 2.05) is 17.0 Å². The molecule has 9 heteroatoms. The summed E-state index contributed by atoms with van der Waals surface area (Å²) in [6.07, 6.45) is 3.91. The normalized spacial score (nSPS) is 21.4. The van der Waals surface area contributed by atoms with Crippen molar-refractivity contribution < 1.29 is 19.0 Å². The van der Waals surface area contributed by atoms with Crippen LogP contribution in [0, 0.1) is 5.92 Å². The average molecular weight is 464 g/mol. The predicted molar refractivity (Wildman–Crippen MR) is 122 cm³/mol. The number of hydrogen-bond acceptors (Lipinski definition) is 6. The molecule has 1 amide bonds. The number of methoxy groups -OCH3 is 3. The molecule has 1 aromatic rings. The largest absolute Gasteiger partial charge is 0.493 e. The van der Waals surface area contributed by atoms with Gasteiger partial charge in [0.05, 0.1) is 21.3 Å². The van der Waals surface area contributed by atoms with Crippen LogP contribution in [-0.4, -0.2) is 69.3 Å². The summed E-state index contributed by atoms with van der Waals surface area (Å²) in [7, 11) is 4.86. The molecule has 30 heavy (non-hydrogen) atoms. The van der Waals surface area contributed by atoms with Gasteiger partial charge in [0.15, 0.2) is 11.5 Å². The fraction of sp³-hybridized carbons (Fsp3) is 0.667. The number of ether oxygens (including phenoxy) is 3. The molecule has 0 aromatic heterocycles. The summed E-state index contributed by atoms with van der Waals surface area (Å²) in [4.78, 5) is 17.0. The number of amides is 1. The summed E-state index contributed by atoms with van der Waals surface area (Å²) >= 11 is 0. The minimum absolute atomic E-state index is 0. The highest BCUT2D eigenvalue weighted by Gasteiger charge is 2.29. The van der Waals surface area contributed by atoms with Gasteiger partial charge in [-0.25, -0.2) is 0 Å². The third kappa shape index (κ3) is 6.30. The summed E-state index contributed by atoms with van der Waals surface area (Å²) in [6, 6.07) is 4.17. The molecule has 1 aromatic carbocycles. The molecule has 1 heterocycles. The maximum absolute atomic E-state index is 12.6. The highest BCUT2D eigenvalue weighted by molar-refractivity contribution is 5.85. The average Bonchev–Trinajstić information content (AvgIpc) is 3.12. The van der Waals surface area contributed by atoms with Gasteiger partial charge in [-0.3, -0.25) is 9.69 Å². The topological polar surface area (TPSA) is 77.3 Å². The lowest BCUT2D eigenvalue weighted by molar-refractivity contribution is -0.134. The van der Waals surface area contributed by atoms with E-state index in [9.17, 15) is 4.79 Å². The van der Waals surface area contributed by atoms with E-state index in [1.165, 1.54) is 0 Å². The van der Waals surface area contributed by atoms with Gasteiger partial charge in [0, 0.05) is 45.2 Å². The SMILES string of the molecule is COc1cc(CN2CCN(C(=O)C[C@@H]3CCC[C@H]3N)CC2)cc(OC)c1OC.Cl.Cl. The summed E-state index contributed by atoms with van der Waals surface area (Å²) in [5, 5.41) is 0. The van der Waals surface area contributed by atoms with Crippen LogP contribution >= 0.6 is 24.8 Å². The van der Waals surface area contributed by atoms with Gasteiger partial charge in [0.25, 0.3) is 0 Å². The Hall–Kier alpha value is -1.41. The first-order chi connectivity index (χ1) is 13.5. The standard InChI is InChI=1S/C21H33N3O4.2ClH/c1-26-18-11-15(12-19(27-2)21(18)28-3)14-23-7-9-24(10-8-23)20(25)13-16-5-4-6-17(16)22;;/h11-12,16-17H,4-10,13-14,22H2,1-3H3;2*1H/t16-,17+;;/m0../s1. The maximum atomic E-state index is 12.6. The lowest BCUT2D eigenvalue weighted by Gasteiger charge is -2.35. The summed E-state index contributed by atoms with van der Waals surface area (Å²) in [5.74, 6) is 2.56. The van der Waals surface area contributed by atoms with Crippen molar-refractivity contribution in [2.45, 2.75) is 38.3 Å². The van der Waals surface area contributed by atoms with Crippen molar-refractivity contribution in [3.8, 4) is 17.2 Å². The first-order valence-corrected chi connectivity index (χ1v) is 10.1. The Morgan fingerprint density at radius 2 is 1.60 bits per heavy atom. The van der Waals surface area contributed by atoms with Gasteiger partial charge >= 0.3 is 0 Å². The smallest absolute Gasteiger partial charge is 0.222 e. The Balaban J connectivity index is 0.00000225. The van der Waals surface area contributed by atoms with Crippen molar-refractivity contribution in [2.24, 2.45) is 11.7 Å². The number of halogens is 2. The highest BCUT2D eigenvalue weighted by atomic mass is 35.5. The van der Waals surface area contributed by atoms with Gasteiger partial charge in [0.2, 0.25) is 11.7 Å². The third-order valence-corrected chi connectivity index (χ3v) is 6.01. The second-order valence-electron chi connectivity index (χ2n) is 7.75. The number of piperazine rings is 1. The van der Waals surface area contributed by atoms with E-state index in [4.69, 9.17) is 19.9 Å². The van der Waals surface area contributed by atoms with Crippen LogP contribution in [0.2, 0.25) is 0 Å². The maximum Gasteiger partial charge on any atom is 0.222 e. The van der Waals surface area contributed by atoms with Crippen molar-refractivity contribution in [3.63, 3.8) is 0 Å². The number of benzene rings is 1. The number of nitrogens with two attached hydrogens (primary N) is 1. The molecule has 1 aliphatic heterocycles. The quantitative estimate of drug-likeness (QED) is 0.669. The Bertz CT molecular complexity index is 659. The number of rotatable bonds is 7. The van der Waals surface area contributed by atoms with Gasteiger partial charge in [-0.05, 0) is 36.5 Å². The number of carbonyl (C=O) groups excluding carboxylic acids is 1. The van der Waals surface area contributed by atoms with Gasteiger partial charge < -0.3 is 24.8 Å². The molecule has 3 rings (SSSR count). The predicted octanol–water partition coefficient (Wildman–Crippen LogP) is 2.72. The van der Waals surface area contributed by atoms with Crippen LogP contribution in [0.5, 0.6) is 17.2 Å². The molecule has 2 fully saturated rings. The molecule has 0 unspecified atom stereocenters. The lowest BCUT2D eigenvalue weighted by Crippen LogP contribution is -2.49. The number of nitrogens with zero attached hydrogens (tertiary/aromatic N) is 2. The zero-order valence-corrected chi connectivity index (χ0v) is 19.7. The van der Waals surface area contributed by atoms with Crippen LogP contribution in [0.3, 0.4) is 0 Å². The Kier molecular flexibility index (Phi) is 11.0. The summed E-state index contributed by atoms with van der Waals surface area (Å²) < 4.78 is 16.3. The third-order valence-electron chi connectivity index (χ3n) is 6.01. The zero-order chi connectivity index (χ0) is 20.1. The molecule has 1 saturated carbocycles. The summed E-state index contributed by atoms with van der Waals surface area (Å²) in [5.41, 5.74) is 7.23. The summed E-state index contributed by atoms with van der Waals surface area (Å²) in [6.45, 7) is 4.04. The minimum Gasteiger partial charge on any atom is -0.493 e. The van der Waals surface area contributed by atoms with Crippen LogP contribution < -0.4 is 19.9 Å². The van der Waals surface area contributed by atoms with E-state index in [2.05, 4.69) is 4.90 Å². The monoisotopic (exact) mass is 463 g/mol. The molecule has 1 aliphatic carbocycles. The number of carbonyl (C=O) groups is 1. The molecule has 2 aliphatic rings. The molecule has 0 bridgehead atoms. The van der Waals surface area contributed by atoms with E-state index >= 15 is 0 Å². The van der Waals surface area contributed by atoms with Gasteiger partial charge in [-0.1, -0.05) is 6.42 Å². The van der Waals surface area contributed by atoms with Crippen LogP contribution in [0.15, 0.2) is 12.1 Å². The first kappa shape index (κ1) is 26.6. The van der Waals surface area contributed by atoms with E-state index in [0.29, 0.717) is 29.6 Å². The van der Waals surface area contributed by atoms with Gasteiger partial charge in [-0.2, -0.15) is 0 Å². The van der Waals surface area contributed by atoms with Crippen molar-refractivity contribution >= 4 is 30.7 Å². The Labute approximate surface area is 192 Å². The molecular formula is C21H35Cl2N3O4. The van der Waals surface area contributed by atoms with Crippen molar-refractivity contribution in [1.82, 2.24) is 9.80 Å². The van der Waals surface area contributed by atoms with Crippen LogP contribution in [0.1, 0.15) is 31.2 Å². The molecule has 0 spiro atoms. The zero-order valence-electron chi connectivity index (χ0n) is 18.1. The first-order valence-electron chi connectivity index (χ1n) is 10.1. The molecule has 2 N–H and O–H groups in total. The van der Waals surface area contributed by atoms with Gasteiger partial charge in [0.1, 0.15) is 0 Å². The van der Waals surface area contributed by atoms with E-state index in [1.54, 1.807) is 21.3 Å².